The van der Waals surface area contributed by atoms with Crippen LogP contribution in [0.5, 0.6) is 0 Å². The van der Waals surface area contributed by atoms with Crippen molar-refractivity contribution in [1.82, 2.24) is 0 Å². The predicted octanol–water partition coefficient (Wildman–Crippen LogP) is 2.43. The second-order valence-electron chi connectivity index (χ2n) is 2.83. The smallest absolute Gasteiger partial charge is 0.270 e. The number of benzene rings is 1. The van der Waals surface area contributed by atoms with E-state index in [1.165, 1.54) is 24.3 Å². The monoisotopic (exact) mass is 201 g/mol. The summed E-state index contributed by atoms with van der Waals surface area (Å²) >= 11 is 4.69. The third-order valence-corrected chi connectivity index (χ3v) is 1.91. The first-order valence-electron chi connectivity index (χ1n) is 3.69. The van der Waals surface area contributed by atoms with E-state index >= 15 is 0 Å². The Morgan fingerprint density at radius 2 is 1.77 bits per heavy atom. The van der Waals surface area contributed by atoms with E-state index in [0.29, 0.717) is 5.56 Å². The Morgan fingerprint density at radius 3 is 2.08 bits per heavy atom. The minimum Gasteiger partial charge on any atom is -0.389 e. The molecule has 0 saturated heterocycles. The largest absolute Gasteiger partial charge is 0.389 e. The zero-order valence-electron chi connectivity index (χ0n) is 7.05. The molecule has 1 rings (SSSR count). The Balaban J connectivity index is 3.01. The zero-order chi connectivity index (χ0) is 10.1. The summed E-state index contributed by atoms with van der Waals surface area (Å²) in [5.41, 5.74) is 5.88. The van der Waals surface area contributed by atoms with Crippen LogP contribution in [0.1, 0.15) is 18.1 Å². The van der Waals surface area contributed by atoms with E-state index in [9.17, 15) is 8.78 Å². The molecule has 2 N–H and O–H groups in total. The predicted molar refractivity (Wildman–Crippen MR) is 51.9 cm³/mol. The van der Waals surface area contributed by atoms with Crippen molar-refractivity contribution in [3.05, 3.63) is 35.4 Å². The molecule has 0 spiro atoms. The molecule has 70 valence electrons. The van der Waals surface area contributed by atoms with Crippen LogP contribution in [0.2, 0.25) is 0 Å². The molecule has 1 aromatic rings. The van der Waals surface area contributed by atoms with Gasteiger partial charge >= 0.3 is 0 Å². The fourth-order valence-electron chi connectivity index (χ4n) is 0.927. The molecule has 0 bridgehead atoms. The third-order valence-electron chi connectivity index (χ3n) is 1.68. The molecule has 0 amide bonds. The van der Waals surface area contributed by atoms with Gasteiger partial charge in [0.15, 0.2) is 0 Å². The van der Waals surface area contributed by atoms with Gasteiger partial charge in [-0.3, -0.25) is 0 Å². The van der Waals surface area contributed by atoms with Crippen molar-refractivity contribution >= 4 is 17.2 Å². The molecule has 0 radical (unpaired) electrons. The van der Waals surface area contributed by atoms with Crippen LogP contribution in [0.4, 0.5) is 8.78 Å². The maximum absolute atomic E-state index is 12.7. The van der Waals surface area contributed by atoms with Crippen molar-refractivity contribution in [2.24, 2.45) is 5.73 Å². The molecule has 0 aliphatic rings. The lowest BCUT2D eigenvalue weighted by Crippen LogP contribution is -2.11. The van der Waals surface area contributed by atoms with Crippen molar-refractivity contribution < 1.29 is 8.78 Å². The van der Waals surface area contributed by atoms with Crippen LogP contribution in [-0.2, 0) is 5.92 Å². The van der Waals surface area contributed by atoms with Crippen molar-refractivity contribution in [1.29, 1.82) is 0 Å². The van der Waals surface area contributed by atoms with Gasteiger partial charge in [0.1, 0.15) is 4.99 Å². The van der Waals surface area contributed by atoms with Crippen molar-refractivity contribution in [3.8, 4) is 0 Å². The highest BCUT2D eigenvalue weighted by Gasteiger charge is 2.23. The quantitative estimate of drug-likeness (QED) is 0.744. The molecule has 0 heterocycles. The molecular weight excluding hydrogens is 192 g/mol. The van der Waals surface area contributed by atoms with Gasteiger partial charge in [-0.15, -0.1) is 0 Å². The minimum absolute atomic E-state index is 0.0347. The Kier molecular flexibility index (Phi) is 2.61. The summed E-state index contributed by atoms with van der Waals surface area (Å²) in [7, 11) is 0. The second-order valence-corrected chi connectivity index (χ2v) is 3.27. The van der Waals surface area contributed by atoms with E-state index in [4.69, 9.17) is 5.73 Å². The summed E-state index contributed by atoms with van der Waals surface area (Å²) in [6.07, 6.45) is 0. The lowest BCUT2D eigenvalue weighted by Gasteiger charge is -2.10. The molecule has 1 nitrogen and oxygen atoms in total. The van der Waals surface area contributed by atoms with E-state index < -0.39 is 5.92 Å². The van der Waals surface area contributed by atoms with E-state index in [-0.39, 0.29) is 10.6 Å². The standard InChI is InChI=1S/C9H9F2NS/c1-9(10,11)7-4-2-6(3-5-7)8(12)13/h2-5H,1H3,(H2,12,13). The van der Waals surface area contributed by atoms with Crippen molar-refractivity contribution in [2.45, 2.75) is 12.8 Å². The van der Waals surface area contributed by atoms with Gasteiger partial charge in [0.05, 0.1) is 0 Å². The molecule has 0 aromatic heterocycles. The maximum atomic E-state index is 12.7. The number of halogens is 2. The van der Waals surface area contributed by atoms with Crippen LogP contribution >= 0.6 is 12.2 Å². The van der Waals surface area contributed by atoms with Crippen LogP contribution < -0.4 is 5.73 Å². The van der Waals surface area contributed by atoms with Crippen LogP contribution in [-0.4, -0.2) is 4.99 Å². The van der Waals surface area contributed by atoms with Crippen molar-refractivity contribution in [2.75, 3.05) is 0 Å². The average Bonchev–Trinajstić information content (AvgIpc) is 2.03. The van der Waals surface area contributed by atoms with Gasteiger partial charge < -0.3 is 5.73 Å². The molecule has 0 aliphatic carbocycles. The van der Waals surface area contributed by atoms with Gasteiger partial charge in [-0.05, 0) is 0 Å². The molecular formula is C9H9F2NS. The Morgan fingerprint density at radius 1 is 1.31 bits per heavy atom. The number of alkyl halides is 2. The van der Waals surface area contributed by atoms with Crippen LogP contribution in [0, 0.1) is 0 Å². The molecule has 0 saturated carbocycles. The SMILES string of the molecule is CC(F)(F)c1ccc(C(N)=S)cc1. The first-order chi connectivity index (χ1) is 5.91. The number of hydrogen-bond acceptors (Lipinski definition) is 1. The minimum atomic E-state index is -2.81. The fraction of sp³-hybridized carbons (Fsp3) is 0.222. The molecule has 0 unspecified atom stereocenters. The summed E-state index contributed by atoms with van der Waals surface area (Å²) in [6, 6.07) is 5.65. The molecule has 0 fully saturated rings. The molecule has 4 heteroatoms. The topological polar surface area (TPSA) is 26.0 Å². The Labute approximate surface area is 80.6 Å². The summed E-state index contributed by atoms with van der Waals surface area (Å²) in [5, 5.41) is 0. The van der Waals surface area contributed by atoms with Crippen LogP contribution in [0.15, 0.2) is 24.3 Å². The van der Waals surface area contributed by atoms with Crippen LogP contribution in [0.25, 0.3) is 0 Å². The highest BCUT2D eigenvalue weighted by molar-refractivity contribution is 7.80. The number of nitrogens with two attached hydrogens (primary N) is 1. The van der Waals surface area contributed by atoms with Crippen LogP contribution in [0.3, 0.4) is 0 Å². The number of thiocarbonyl (C=S) groups is 1. The summed E-state index contributed by atoms with van der Waals surface area (Å²) in [5.74, 6) is -2.81. The van der Waals surface area contributed by atoms with Gasteiger partial charge in [-0.25, -0.2) is 8.78 Å². The molecule has 0 aliphatic heterocycles. The lowest BCUT2D eigenvalue weighted by molar-refractivity contribution is 0.0175. The van der Waals surface area contributed by atoms with E-state index in [1.807, 2.05) is 0 Å². The van der Waals surface area contributed by atoms with Gasteiger partial charge in [-0.1, -0.05) is 36.5 Å². The number of hydrogen-bond donors (Lipinski definition) is 1. The van der Waals surface area contributed by atoms with E-state index in [2.05, 4.69) is 12.2 Å². The first-order valence-corrected chi connectivity index (χ1v) is 4.10. The number of rotatable bonds is 2. The fourth-order valence-corrected chi connectivity index (χ4v) is 1.06. The van der Waals surface area contributed by atoms with Gasteiger partial charge in [0.25, 0.3) is 5.92 Å². The van der Waals surface area contributed by atoms with E-state index in [0.717, 1.165) is 6.92 Å². The highest BCUT2D eigenvalue weighted by Crippen LogP contribution is 2.26. The van der Waals surface area contributed by atoms with Gasteiger partial charge in [0.2, 0.25) is 0 Å². The first kappa shape index (κ1) is 10.1. The van der Waals surface area contributed by atoms with Gasteiger partial charge in [0, 0.05) is 18.1 Å². The summed E-state index contributed by atoms with van der Waals surface area (Å²) in [4.78, 5) is 0.214. The normalized spacial score (nSPS) is 11.3. The zero-order valence-corrected chi connectivity index (χ0v) is 7.87. The highest BCUT2D eigenvalue weighted by atomic mass is 32.1. The summed E-state index contributed by atoms with van der Waals surface area (Å²) in [6.45, 7) is 0.850. The average molecular weight is 201 g/mol. The second kappa shape index (κ2) is 3.38. The third kappa shape index (κ3) is 2.45. The molecule has 13 heavy (non-hydrogen) atoms. The molecule has 1 aromatic carbocycles. The maximum Gasteiger partial charge on any atom is 0.270 e. The Hall–Kier alpha value is -1.03. The van der Waals surface area contributed by atoms with E-state index in [1.54, 1.807) is 0 Å². The molecule has 0 atom stereocenters. The van der Waals surface area contributed by atoms with Crippen molar-refractivity contribution in [3.63, 3.8) is 0 Å². The van der Waals surface area contributed by atoms with Gasteiger partial charge in [-0.2, -0.15) is 0 Å². The Bertz CT molecular complexity index is 313. The lowest BCUT2D eigenvalue weighted by atomic mass is 10.1. The summed E-state index contributed by atoms with van der Waals surface area (Å²) < 4.78 is 25.4.